The Kier molecular flexibility index (Phi) is 7.36. The Hall–Kier alpha value is -0.790. The Labute approximate surface area is 81.4 Å². The Morgan fingerprint density at radius 2 is 1.92 bits per heavy atom. The molecule has 76 valence electrons. The van der Waals surface area contributed by atoms with E-state index in [1.807, 2.05) is 6.92 Å². The van der Waals surface area contributed by atoms with Crippen molar-refractivity contribution in [3.63, 3.8) is 0 Å². The minimum atomic E-state index is 0.0130. The molecule has 0 spiro atoms. The molecule has 0 rings (SSSR count). The van der Waals surface area contributed by atoms with Gasteiger partial charge in [-0.25, -0.2) is 0 Å². The molecule has 0 aliphatic heterocycles. The van der Waals surface area contributed by atoms with E-state index in [1.165, 1.54) is 19.3 Å². The van der Waals surface area contributed by atoms with Crippen LogP contribution in [-0.2, 0) is 4.79 Å². The molecule has 0 atom stereocenters. The highest BCUT2D eigenvalue weighted by Gasteiger charge is 2.03. The predicted octanol–water partition coefficient (Wildman–Crippen LogP) is 2.65. The first-order valence-electron chi connectivity index (χ1n) is 5.18. The molecule has 0 saturated carbocycles. The smallest absolute Gasteiger partial charge is 0.246 e. The molecule has 2 nitrogen and oxygen atoms in total. The molecule has 0 saturated heterocycles. The number of rotatable bonds is 7. The standard InChI is InChI=1S/C11H21NO/c1-4-6-7-8-9-10(3)11(13)12-5-2/h3-9H2,1-2H3,(H,12,13). The van der Waals surface area contributed by atoms with Crippen LogP contribution < -0.4 is 5.32 Å². The molecular weight excluding hydrogens is 162 g/mol. The first-order valence-corrected chi connectivity index (χ1v) is 5.18. The summed E-state index contributed by atoms with van der Waals surface area (Å²) < 4.78 is 0. The number of hydrogen-bond donors (Lipinski definition) is 1. The number of carbonyl (C=O) groups excluding carboxylic acids is 1. The predicted molar refractivity (Wildman–Crippen MR) is 56.6 cm³/mol. The first kappa shape index (κ1) is 12.2. The maximum absolute atomic E-state index is 11.2. The fourth-order valence-corrected chi connectivity index (χ4v) is 1.16. The molecule has 0 radical (unpaired) electrons. The SMILES string of the molecule is C=C(CCCCCC)C(=O)NCC. The Bertz CT molecular complexity index is 163. The van der Waals surface area contributed by atoms with Crippen molar-refractivity contribution in [2.24, 2.45) is 0 Å². The van der Waals surface area contributed by atoms with Crippen LogP contribution >= 0.6 is 0 Å². The van der Waals surface area contributed by atoms with E-state index in [2.05, 4.69) is 18.8 Å². The number of carbonyl (C=O) groups is 1. The van der Waals surface area contributed by atoms with E-state index in [4.69, 9.17) is 0 Å². The van der Waals surface area contributed by atoms with Crippen molar-refractivity contribution in [2.45, 2.75) is 46.0 Å². The fraction of sp³-hybridized carbons (Fsp3) is 0.727. The zero-order chi connectivity index (χ0) is 10.1. The number of amides is 1. The third kappa shape index (κ3) is 6.38. The van der Waals surface area contributed by atoms with Crippen molar-refractivity contribution in [1.82, 2.24) is 5.32 Å². The largest absolute Gasteiger partial charge is 0.353 e. The lowest BCUT2D eigenvalue weighted by atomic mass is 10.1. The monoisotopic (exact) mass is 183 g/mol. The summed E-state index contributed by atoms with van der Waals surface area (Å²) in [5.41, 5.74) is 0.720. The summed E-state index contributed by atoms with van der Waals surface area (Å²) in [5.74, 6) is 0.0130. The summed E-state index contributed by atoms with van der Waals surface area (Å²) in [6.45, 7) is 8.54. The summed E-state index contributed by atoms with van der Waals surface area (Å²) in [6.07, 6.45) is 5.61. The van der Waals surface area contributed by atoms with E-state index in [1.54, 1.807) is 0 Å². The molecule has 0 aromatic carbocycles. The van der Waals surface area contributed by atoms with Gasteiger partial charge >= 0.3 is 0 Å². The molecule has 0 aromatic rings. The van der Waals surface area contributed by atoms with Crippen LogP contribution in [0.1, 0.15) is 46.0 Å². The van der Waals surface area contributed by atoms with Gasteiger partial charge in [0.2, 0.25) is 5.91 Å². The molecular formula is C11H21NO. The Balaban J connectivity index is 3.44. The molecule has 1 N–H and O–H groups in total. The number of unbranched alkanes of at least 4 members (excludes halogenated alkanes) is 3. The summed E-state index contributed by atoms with van der Waals surface area (Å²) in [6, 6.07) is 0. The van der Waals surface area contributed by atoms with Gasteiger partial charge in [0.1, 0.15) is 0 Å². The van der Waals surface area contributed by atoms with Crippen molar-refractivity contribution in [3.05, 3.63) is 12.2 Å². The van der Waals surface area contributed by atoms with Crippen LogP contribution in [0.4, 0.5) is 0 Å². The van der Waals surface area contributed by atoms with Crippen molar-refractivity contribution in [1.29, 1.82) is 0 Å². The van der Waals surface area contributed by atoms with E-state index < -0.39 is 0 Å². The van der Waals surface area contributed by atoms with Gasteiger partial charge in [-0.15, -0.1) is 0 Å². The van der Waals surface area contributed by atoms with Gasteiger partial charge in [-0.2, -0.15) is 0 Å². The summed E-state index contributed by atoms with van der Waals surface area (Å²) >= 11 is 0. The average Bonchev–Trinajstić information content (AvgIpc) is 2.12. The zero-order valence-corrected chi connectivity index (χ0v) is 8.86. The second-order valence-corrected chi connectivity index (χ2v) is 3.27. The van der Waals surface area contributed by atoms with E-state index in [-0.39, 0.29) is 5.91 Å². The van der Waals surface area contributed by atoms with Crippen LogP contribution in [0.15, 0.2) is 12.2 Å². The van der Waals surface area contributed by atoms with Crippen LogP contribution in [0.25, 0.3) is 0 Å². The van der Waals surface area contributed by atoms with Crippen LogP contribution in [0.3, 0.4) is 0 Å². The maximum atomic E-state index is 11.2. The van der Waals surface area contributed by atoms with Gasteiger partial charge in [-0.3, -0.25) is 4.79 Å². The Morgan fingerprint density at radius 3 is 2.46 bits per heavy atom. The van der Waals surface area contributed by atoms with Gasteiger partial charge < -0.3 is 5.32 Å². The molecule has 13 heavy (non-hydrogen) atoms. The normalized spacial score (nSPS) is 9.69. The summed E-state index contributed by atoms with van der Waals surface area (Å²) in [7, 11) is 0. The van der Waals surface area contributed by atoms with E-state index in [0.29, 0.717) is 6.54 Å². The zero-order valence-electron chi connectivity index (χ0n) is 8.86. The van der Waals surface area contributed by atoms with Crippen molar-refractivity contribution in [2.75, 3.05) is 6.54 Å². The third-order valence-corrected chi connectivity index (χ3v) is 1.99. The van der Waals surface area contributed by atoms with Crippen molar-refractivity contribution >= 4 is 5.91 Å². The molecule has 0 aliphatic carbocycles. The quantitative estimate of drug-likeness (QED) is 0.477. The molecule has 0 aromatic heterocycles. The summed E-state index contributed by atoms with van der Waals surface area (Å²) in [5, 5.41) is 2.75. The molecule has 0 heterocycles. The minimum absolute atomic E-state index is 0.0130. The van der Waals surface area contributed by atoms with Crippen molar-refractivity contribution < 1.29 is 4.79 Å². The van der Waals surface area contributed by atoms with Gasteiger partial charge in [0.15, 0.2) is 0 Å². The average molecular weight is 183 g/mol. The lowest BCUT2D eigenvalue weighted by Crippen LogP contribution is -2.23. The topological polar surface area (TPSA) is 29.1 Å². The van der Waals surface area contributed by atoms with Crippen LogP contribution in [0, 0.1) is 0 Å². The number of hydrogen-bond acceptors (Lipinski definition) is 1. The molecule has 0 fully saturated rings. The van der Waals surface area contributed by atoms with Gasteiger partial charge in [0, 0.05) is 12.1 Å². The van der Waals surface area contributed by atoms with Crippen LogP contribution in [0.2, 0.25) is 0 Å². The minimum Gasteiger partial charge on any atom is -0.353 e. The number of likely N-dealkylation sites (N-methyl/N-ethyl adjacent to an activating group) is 1. The van der Waals surface area contributed by atoms with E-state index >= 15 is 0 Å². The second-order valence-electron chi connectivity index (χ2n) is 3.27. The summed E-state index contributed by atoms with van der Waals surface area (Å²) in [4.78, 5) is 11.2. The van der Waals surface area contributed by atoms with Gasteiger partial charge in [-0.05, 0) is 19.8 Å². The number of nitrogens with one attached hydrogen (secondary N) is 1. The van der Waals surface area contributed by atoms with Gasteiger partial charge in [0.05, 0.1) is 0 Å². The molecule has 0 aliphatic rings. The molecule has 2 heteroatoms. The van der Waals surface area contributed by atoms with E-state index in [9.17, 15) is 4.79 Å². The highest BCUT2D eigenvalue weighted by Crippen LogP contribution is 2.08. The maximum Gasteiger partial charge on any atom is 0.246 e. The van der Waals surface area contributed by atoms with Crippen LogP contribution in [-0.4, -0.2) is 12.5 Å². The van der Waals surface area contributed by atoms with Crippen molar-refractivity contribution in [3.8, 4) is 0 Å². The highest BCUT2D eigenvalue weighted by molar-refractivity contribution is 5.92. The lowest BCUT2D eigenvalue weighted by molar-refractivity contribution is -0.117. The molecule has 1 amide bonds. The highest BCUT2D eigenvalue weighted by atomic mass is 16.1. The van der Waals surface area contributed by atoms with E-state index in [0.717, 1.165) is 18.4 Å². The molecule has 0 unspecified atom stereocenters. The first-order chi connectivity index (χ1) is 6.22. The fourth-order valence-electron chi connectivity index (χ4n) is 1.16. The second kappa shape index (κ2) is 7.84. The van der Waals surface area contributed by atoms with Crippen LogP contribution in [0.5, 0.6) is 0 Å². The lowest BCUT2D eigenvalue weighted by Gasteiger charge is -2.04. The van der Waals surface area contributed by atoms with Gasteiger partial charge in [0.25, 0.3) is 0 Å². The Morgan fingerprint density at radius 1 is 1.23 bits per heavy atom. The third-order valence-electron chi connectivity index (χ3n) is 1.99. The molecule has 0 bridgehead atoms. The van der Waals surface area contributed by atoms with Gasteiger partial charge in [-0.1, -0.05) is 32.8 Å².